The lowest BCUT2D eigenvalue weighted by atomic mass is 10.0. The lowest BCUT2D eigenvalue weighted by molar-refractivity contribution is 0.102. The molecule has 3 aromatic rings. The molecule has 2 aromatic carbocycles. The number of amides is 1. The molecule has 110 valence electrons. The van der Waals surface area contributed by atoms with Crippen LogP contribution in [0.4, 0.5) is 5.69 Å². The molecule has 3 heteroatoms. The van der Waals surface area contributed by atoms with Gasteiger partial charge < -0.3 is 5.32 Å². The van der Waals surface area contributed by atoms with Crippen molar-refractivity contribution in [1.82, 2.24) is 4.98 Å². The van der Waals surface area contributed by atoms with Gasteiger partial charge in [-0.15, -0.1) is 0 Å². The van der Waals surface area contributed by atoms with Crippen molar-refractivity contribution in [3.63, 3.8) is 0 Å². The third-order valence-electron chi connectivity index (χ3n) is 3.97. The lowest BCUT2D eigenvalue weighted by Gasteiger charge is -2.11. The van der Waals surface area contributed by atoms with Gasteiger partial charge in [-0.05, 0) is 50.1 Å². The monoisotopic (exact) mass is 290 g/mol. The first-order valence-corrected chi connectivity index (χ1v) is 7.29. The number of fused-ring (bicyclic) bond motifs is 1. The van der Waals surface area contributed by atoms with Crippen molar-refractivity contribution in [2.75, 3.05) is 5.32 Å². The fraction of sp³-hybridized carbons (Fsp3) is 0.158. The van der Waals surface area contributed by atoms with Gasteiger partial charge in [0, 0.05) is 17.1 Å². The van der Waals surface area contributed by atoms with Crippen LogP contribution in [0.5, 0.6) is 0 Å². The minimum absolute atomic E-state index is 0.102. The van der Waals surface area contributed by atoms with E-state index in [1.807, 2.05) is 43.3 Å². The molecular weight excluding hydrogens is 272 g/mol. The molecule has 0 saturated carbocycles. The second kappa shape index (κ2) is 5.60. The molecule has 0 bridgehead atoms. The maximum atomic E-state index is 12.4. The molecule has 0 saturated heterocycles. The molecule has 0 spiro atoms. The second-order valence-corrected chi connectivity index (χ2v) is 5.59. The molecule has 3 rings (SSSR count). The van der Waals surface area contributed by atoms with Crippen LogP contribution in [0.3, 0.4) is 0 Å². The van der Waals surface area contributed by atoms with E-state index in [0.717, 1.165) is 27.7 Å². The zero-order valence-electron chi connectivity index (χ0n) is 13.0. The van der Waals surface area contributed by atoms with Crippen molar-refractivity contribution in [2.45, 2.75) is 20.8 Å². The SMILES string of the molecule is Cc1cccc(C(=O)Nc2ccnc3c(C)c(C)ccc23)c1. The van der Waals surface area contributed by atoms with Crippen molar-refractivity contribution in [3.8, 4) is 0 Å². The van der Waals surface area contributed by atoms with Crippen LogP contribution in [-0.2, 0) is 0 Å². The number of aromatic nitrogens is 1. The van der Waals surface area contributed by atoms with Crippen LogP contribution in [0.25, 0.3) is 10.9 Å². The molecule has 0 aliphatic rings. The first-order valence-electron chi connectivity index (χ1n) is 7.29. The summed E-state index contributed by atoms with van der Waals surface area (Å²) in [5.41, 5.74) is 5.79. The van der Waals surface area contributed by atoms with Crippen LogP contribution < -0.4 is 5.32 Å². The summed E-state index contributed by atoms with van der Waals surface area (Å²) in [5, 5.41) is 3.96. The summed E-state index contributed by atoms with van der Waals surface area (Å²) in [6.07, 6.45) is 1.74. The number of carbonyl (C=O) groups excluding carboxylic acids is 1. The van der Waals surface area contributed by atoms with Crippen molar-refractivity contribution in [2.24, 2.45) is 0 Å². The minimum atomic E-state index is -0.102. The van der Waals surface area contributed by atoms with Gasteiger partial charge in [0.05, 0.1) is 11.2 Å². The summed E-state index contributed by atoms with van der Waals surface area (Å²) in [6, 6.07) is 13.5. The molecule has 3 nitrogen and oxygen atoms in total. The van der Waals surface area contributed by atoms with E-state index in [-0.39, 0.29) is 5.91 Å². The summed E-state index contributed by atoms with van der Waals surface area (Å²) in [7, 11) is 0. The van der Waals surface area contributed by atoms with Crippen LogP contribution in [-0.4, -0.2) is 10.9 Å². The Morgan fingerprint density at radius 2 is 1.86 bits per heavy atom. The molecule has 1 aromatic heterocycles. The highest BCUT2D eigenvalue weighted by molar-refractivity contribution is 6.09. The van der Waals surface area contributed by atoms with Crippen LogP contribution in [0.15, 0.2) is 48.7 Å². The molecule has 22 heavy (non-hydrogen) atoms. The number of carbonyl (C=O) groups is 1. The smallest absolute Gasteiger partial charge is 0.255 e. The fourth-order valence-electron chi connectivity index (χ4n) is 2.55. The molecule has 0 aliphatic carbocycles. The number of hydrogen-bond acceptors (Lipinski definition) is 2. The Bertz CT molecular complexity index is 868. The van der Waals surface area contributed by atoms with E-state index in [0.29, 0.717) is 5.56 Å². The van der Waals surface area contributed by atoms with E-state index >= 15 is 0 Å². The van der Waals surface area contributed by atoms with Crippen LogP contribution in [0, 0.1) is 20.8 Å². The number of nitrogens with one attached hydrogen (secondary N) is 1. The maximum absolute atomic E-state index is 12.4. The Hall–Kier alpha value is -2.68. The zero-order valence-corrected chi connectivity index (χ0v) is 13.0. The molecule has 0 aliphatic heterocycles. The number of nitrogens with zero attached hydrogens (tertiary/aromatic N) is 1. The number of rotatable bonds is 2. The van der Waals surface area contributed by atoms with E-state index in [2.05, 4.69) is 30.2 Å². The van der Waals surface area contributed by atoms with Crippen molar-refractivity contribution >= 4 is 22.5 Å². The van der Waals surface area contributed by atoms with Crippen molar-refractivity contribution in [1.29, 1.82) is 0 Å². The van der Waals surface area contributed by atoms with Gasteiger partial charge in [-0.3, -0.25) is 9.78 Å². The Balaban J connectivity index is 2.01. The second-order valence-electron chi connectivity index (χ2n) is 5.59. The third kappa shape index (κ3) is 2.58. The van der Waals surface area contributed by atoms with Crippen LogP contribution in [0.2, 0.25) is 0 Å². The van der Waals surface area contributed by atoms with Crippen molar-refractivity contribution in [3.05, 3.63) is 70.9 Å². The Morgan fingerprint density at radius 3 is 2.64 bits per heavy atom. The predicted octanol–water partition coefficient (Wildman–Crippen LogP) is 4.41. The number of hydrogen-bond donors (Lipinski definition) is 1. The number of pyridine rings is 1. The summed E-state index contributed by atoms with van der Waals surface area (Å²) >= 11 is 0. The van der Waals surface area contributed by atoms with Gasteiger partial charge in [-0.2, -0.15) is 0 Å². The van der Waals surface area contributed by atoms with Gasteiger partial charge in [-0.1, -0.05) is 29.8 Å². The summed E-state index contributed by atoms with van der Waals surface area (Å²) in [5.74, 6) is -0.102. The normalized spacial score (nSPS) is 10.7. The third-order valence-corrected chi connectivity index (χ3v) is 3.97. The molecule has 1 N–H and O–H groups in total. The van der Waals surface area contributed by atoms with Crippen molar-refractivity contribution < 1.29 is 4.79 Å². The molecular formula is C19H18N2O. The van der Waals surface area contributed by atoms with E-state index in [4.69, 9.17) is 0 Å². The summed E-state index contributed by atoms with van der Waals surface area (Å²) < 4.78 is 0. The van der Waals surface area contributed by atoms with Crippen LogP contribution in [0.1, 0.15) is 27.0 Å². The maximum Gasteiger partial charge on any atom is 0.255 e. The Labute approximate surface area is 130 Å². The predicted molar refractivity (Wildman–Crippen MR) is 90.3 cm³/mol. The van der Waals surface area contributed by atoms with Gasteiger partial charge in [0.15, 0.2) is 0 Å². The average Bonchev–Trinajstić information content (AvgIpc) is 2.51. The quantitative estimate of drug-likeness (QED) is 0.759. The van der Waals surface area contributed by atoms with E-state index in [1.54, 1.807) is 6.20 Å². The van der Waals surface area contributed by atoms with E-state index in [9.17, 15) is 4.79 Å². The van der Waals surface area contributed by atoms with E-state index in [1.165, 1.54) is 5.56 Å². The highest BCUT2D eigenvalue weighted by Gasteiger charge is 2.10. The highest BCUT2D eigenvalue weighted by atomic mass is 16.1. The fourth-order valence-corrected chi connectivity index (χ4v) is 2.55. The average molecular weight is 290 g/mol. The first kappa shape index (κ1) is 14.3. The van der Waals surface area contributed by atoms with Crippen LogP contribution >= 0.6 is 0 Å². The number of aryl methyl sites for hydroxylation is 3. The topological polar surface area (TPSA) is 42.0 Å². The summed E-state index contributed by atoms with van der Waals surface area (Å²) in [6.45, 7) is 6.09. The van der Waals surface area contributed by atoms with Gasteiger partial charge in [0.2, 0.25) is 0 Å². The highest BCUT2D eigenvalue weighted by Crippen LogP contribution is 2.26. The molecule has 0 unspecified atom stereocenters. The molecule has 1 heterocycles. The van der Waals surface area contributed by atoms with Gasteiger partial charge >= 0.3 is 0 Å². The Kier molecular flexibility index (Phi) is 3.63. The molecule has 0 radical (unpaired) electrons. The number of anilines is 1. The van der Waals surface area contributed by atoms with Gasteiger partial charge in [0.1, 0.15) is 0 Å². The minimum Gasteiger partial charge on any atom is -0.321 e. The largest absolute Gasteiger partial charge is 0.321 e. The zero-order chi connectivity index (χ0) is 15.7. The van der Waals surface area contributed by atoms with Gasteiger partial charge in [0.25, 0.3) is 5.91 Å². The first-order chi connectivity index (χ1) is 10.6. The molecule has 0 fully saturated rings. The molecule has 0 atom stereocenters. The Morgan fingerprint density at radius 1 is 1.05 bits per heavy atom. The lowest BCUT2D eigenvalue weighted by Crippen LogP contribution is -2.12. The summed E-state index contributed by atoms with van der Waals surface area (Å²) in [4.78, 5) is 16.9. The standard InChI is InChI=1S/C19H18N2O/c1-12-5-4-6-15(11-12)19(22)21-17-9-10-20-18-14(3)13(2)7-8-16(17)18/h4-11H,1-3H3,(H,20,21,22). The number of benzene rings is 2. The van der Waals surface area contributed by atoms with E-state index < -0.39 is 0 Å². The molecule has 1 amide bonds. The van der Waals surface area contributed by atoms with Gasteiger partial charge in [-0.25, -0.2) is 0 Å².